The van der Waals surface area contributed by atoms with E-state index in [2.05, 4.69) is 5.32 Å². The van der Waals surface area contributed by atoms with Gasteiger partial charge in [0, 0.05) is 30.3 Å². The molecule has 2 heterocycles. The van der Waals surface area contributed by atoms with Crippen LogP contribution in [0.1, 0.15) is 35.5 Å². The lowest BCUT2D eigenvalue weighted by molar-refractivity contribution is -0.116. The number of hydrogen-bond acceptors (Lipinski definition) is 4. The minimum Gasteiger partial charge on any atom is -0.459 e. The van der Waals surface area contributed by atoms with Gasteiger partial charge in [-0.05, 0) is 33.3 Å². The summed E-state index contributed by atoms with van der Waals surface area (Å²) >= 11 is 1.56. The number of nitrogens with one attached hydrogen (secondary N) is 1. The van der Waals surface area contributed by atoms with Gasteiger partial charge in [-0.25, -0.2) is 4.79 Å². The number of esters is 1. The number of carbonyl (C=O) groups excluding carboxylic acids is 2. The summed E-state index contributed by atoms with van der Waals surface area (Å²) in [6, 6.07) is 0. The van der Waals surface area contributed by atoms with Crippen LogP contribution in [0.2, 0.25) is 0 Å². The molecule has 0 radical (unpaired) electrons. The Labute approximate surface area is 128 Å². The van der Waals surface area contributed by atoms with Crippen LogP contribution in [0.3, 0.4) is 0 Å². The van der Waals surface area contributed by atoms with Gasteiger partial charge in [-0.3, -0.25) is 4.79 Å². The number of amides is 1. The van der Waals surface area contributed by atoms with Crippen molar-refractivity contribution in [2.24, 2.45) is 0 Å². The fraction of sp³-hybridized carbons (Fsp3) is 0.467. The van der Waals surface area contributed by atoms with Crippen LogP contribution in [0.4, 0.5) is 0 Å². The van der Waals surface area contributed by atoms with Crippen molar-refractivity contribution in [2.75, 3.05) is 12.8 Å². The number of hydrogen-bond donors (Lipinski definition) is 1. The minimum absolute atomic E-state index is 0.143. The molecule has 1 N–H and O–H groups in total. The molecule has 0 bridgehead atoms. The highest BCUT2D eigenvalue weighted by atomic mass is 32.2. The molecule has 114 valence electrons. The van der Waals surface area contributed by atoms with Crippen molar-refractivity contribution in [3.63, 3.8) is 0 Å². The molecular formula is C15H20N2O3S. The van der Waals surface area contributed by atoms with Crippen molar-refractivity contribution >= 4 is 29.3 Å². The first kappa shape index (κ1) is 15.7. The maximum atomic E-state index is 12.3. The molecule has 1 aliphatic heterocycles. The highest BCUT2D eigenvalue weighted by Gasteiger charge is 2.30. The molecule has 1 aliphatic rings. The van der Waals surface area contributed by atoms with Crippen LogP contribution in [-0.4, -0.2) is 35.3 Å². The minimum atomic E-state index is -0.298. The Morgan fingerprint density at radius 1 is 1.38 bits per heavy atom. The Hall–Kier alpha value is -1.69. The first-order valence-corrected chi connectivity index (χ1v) is 7.83. The van der Waals surface area contributed by atoms with Gasteiger partial charge in [-0.1, -0.05) is 0 Å². The number of ether oxygens (including phenoxy) is 1. The van der Waals surface area contributed by atoms with E-state index in [1.54, 1.807) is 24.9 Å². The highest BCUT2D eigenvalue weighted by molar-refractivity contribution is 8.00. The Bertz CT molecular complexity index is 629. The number of carbonyl (C=O) groups is 2. The van der Waals surface area contributed by atoms with Crippen LogP contribution in [0.5, 0.6) is 0 Å². The topological polar surface area (TPSA) is 60.3 Å². The van der Waals surface area contributed by atoms with E-state index in [1.165, 1.54) is 0 Å². The molecule has 1 aromatic rings. The number of nitrogens with zero attached hydrogens (tertiary/aromatic N) is 1. The summed E-state index contributed by atoms with van der Waals surface area (Å²) in [5.74, 6) is 0.231. The third-order valence-electron chi connectivity index (χ3n) is 3.41. The SMILES string of the molecule is CNC(=O)C=C1CSc2c(C(=O)OC(C)C)c(C)c(C)n21. The lowest BCUT2D eigenvalue weighted by atomic mass is 10.2. The summed E-state index contributed by atoms with van der Waals surface area (Å²) < 4.78 is 7.31. The quantitative estimate of drug-likeness (QED) is 0.688. The van der Waals surface area contributed by atoms with Gasteiger partial charge in [0.1, 0.15) is 0 Å². The fourth-order valence-corrected chi connectivity index (χ4v) is 3.57. The van der Waals surface area contributed by atoms with Gasteiger partial charge in [-0.15, -0.1) is 11.8 Å². The standard InChI is InChI=1S/C15H20N2O3S/c1-8(2)20-15(19)13-9(3)10(4)17-11(6-12(18)16-5)7-21-14(13)17/h6,8H,7H2,1-5H3,(H,16,18). The van der Waals surface area contributed by atoms with Gasteiger partial charge in [0.15, 0.2) is 0 Å². The van der Waals surface area contributed by atoms with Gasteiger partial charge in [0.05, 0.1) is 16.7 Å². The Balaban J connectivity index is 2.48. The first-order chi connectivity index (χ1) is 9.86. The van der Waals surface area contributed by atoms with Crippen molar-refractivity contribution < 1.29 is 14.3 Å². The molecule has 5 nitrogen and oxygen atoms in total. The molecular weight excluding hydrogens is 288 g/mol. The molecule has 0 unspecified atom stereocenters. The van der Waals surface area contributed by atoms with Crippen LogP contribution < -0.4 is 5.32 Å². The van der Waals surface area contributed by atoms with E-state index >= 15 is 0 Å². The van der Waals surface area contributed by atoms with Crippen LogP contribution in [0.15, 0.2) is 11.1 Å². The van der Waals surface area contributed by atoms with Crippen LogP contribution in [0, 0.1) is 13.8 Å². The summed E-state index contributed by atoms with van der Waals surface area (Å²) in [7, 11) is 1.60. The largest absolute Gasteiger partial charge is 0.459 e. The molecule has 0 saturated heterocycles. The maximum absolute atomic E-state index is 12.3. The van der Waals surface area contributed by atoms with E-state index in [0.717, 1.165) is 22.0 Å². The predicted molar refractivity (Wildman–Crippen MR) is 83.5 cm³/mol. The van der Waals surface area contributed by atoms with E-state index in [1.807, 2.05) is 32.3 Å². The zero-order chi connectivity index (χ0) is 15.7. The molecule has 6 heteroatoms. The fourth-order valence-electron chi connectivity index (χ4n) is 2.31. The lowest BCUT2D eigenvalue weighted by Gasteiger charge is -2.08. The highest BCUT2D eigenvalue weighted by Crippen LogP contribution is 2.40. The summed E-state index contributed by atoms with van der Waals surface area (Å²) in [6.45, 7) is 7.53. The number of fused-ring (bicyclic) bond motifs is 1. The lowest BCUT2D eigenvalue weighted by Crippen LogP contribution is -2.15. The second-order valence-corrected chi connectivity index (χ2v) is 6.18. The van der Waals surface area contributed by atoms with Gasteiger partial charge < -0.3 is 14.6 Å². The Kier molecular flexibility index (Phi) is 4.46. The molecule has 0 fully saturated rings. The molecule has 0 atom stereocenters. The summed E-state index contributed by atoms with van der Waals surface area (Å²) in [5, 5.41) is 3.45. The Morgan fingerprint density at radius 2 is 2.05 bits per heavy atom. The second-order valence-electron chi connectivity index (χ2n) is 5.22. The van der Waals surface area contributed by atoms with E-state index in [9.17, 15) is 9.59 Å². The molecule has 0 aromatic carbocycles. The van der Waals surface area contributed by atoms with Crippen LogP contribution >= 0.6 is 11.8 Å². The van der Waals surface area contributed by atoms with Gasteiger partial charge in [-0.2, -0.15) is 0 Å². The Morgan fingerprint density at radius 3 is 2.62 bits per heavy atom. The summed E-state index contributed by atoms with van der Waals surface area (Å²) in [5.41, 5.74) is 3.39. The molecule has 2 rings (SSSR count). The number of thioether (sulfide) groups is 1. The molecule has 1 amide bonds. The van der Waals surface area contributed by atoms with Gasteiger partial charge in [0.25, 0.3) is 0 Å². The van der Waals surface area contributed by atoms with Crippen molar-refractivity contribution in [2.45, 2.75) is 38.8 Å². The second kappa shape index (κ2) is 5.97. The number of likely N-dealkylation sites (N-methyl/N-ethyl adjacent to an activating group) is 1. The predicted octanol–water partition coefficient (Wildman–Crippen LogP) is 2.36. The van der Waals surface area contributed by atoms with E-state index in [4.69, 9.17) is 4.74 Å². The number of aromatic nitrogens is 1. The van der Waals surface area contributed by atoms with Crippen molar-refractivity contribution in [1.29, 1.82) is 0 Å². The van der Waals surface area contributed by atoms with Crippen molar-refractivity contribution in [3.05, 3.63) is 22.9 Å². The van der Waals surface area contributed by atoms with E-state index < -0.39 is 0 Å². The summed E-state index contributed by atoms with van der Waals surface area (Å²) in [4.78, 5) is 23.8. The van der Waals surface area contributed by atoms with Crippen molar-refractivity contribution in [1.82, 2.24) is 9.88 Å². The third kappa shape index (κ3) is 2.85. The smallest absolute Gasteiger partial charge is 0.341 e. The maximum Gasteiger partial charge on any atom is 0.341 e. The third-order valence-corrected chi connectivity index (χ3v) is 4.51. The van der Waals surface area contributed by atoms with Crippen molar-refractivity contribution in [3.8, 4) is 0 Å². The van der Waals surface area contributed by atoms with Gasteiger partial charge >= 0.3 is 5.97 Å². The summed E-state index contributed by atoms with van der Waals surface area (Å²) in [6.07, 6.45) is 1.42. The average Bonchev–Trinajstić information content (AvgIpc) is 2.90. The number of rotatable bonds is 3. The molecule has 21 heavy (non-hydrogen) atoms. The average molecular weight is 308 g/mol. The molecule has 0 aliphatic carbocycles. The van der Waals surface area contributed by atoms with Gasteiger partial charge in [0.2, 0.25) is 5.91 Å². The van der Waals surface area contributed by atoms with E-state index in [0.29, 0.717) is 11.3 Å². The molecule has 1 aromatic heterocycles. The molecule has 0 saturated carbocycles. The monoisotopic (exact) mass is 308 g/mol. The normalized spacial score (nSPS) is 15.4. The van der Waals surface area contributed by atoms with Crippen LogP contribution in [0.25, 0.3) is 5.70 Å². The first-order valence-electron chi connectivity index (χ1n) is 6.85. The zero-order valence-corrected chi connectivity index (χ0v) is 13.8. The zero-order valence-electron chi connectivity index (χ0n) is 12.9. The molecule has 0 spiro atoms. The van der Waals surface area contributed by atoms with Crippen LogP contribution in [-0.2, 0) is 9.53 Å². The van der Waals surface area contributed by atoms with E-state index in [-0.39, 0.29) is 18.0 Å².